The lowest BCUT2D eigenvalue weighted by Crippen LogP contribution is -2.58. The molecule has 1 rings (SSSR count). The fraction of sp³-hybridized carbons (Fsp3) is 0.700. The minimum Gasteiger partial charge on any atom is -0.480 e. The largest absolute Gasteiger partial charge is 0.480 e. The fourth-order valence-corrected chi connectivity index (χ4v) is 3.31. The zero-order chi connectivity index (χ0) is 27.6. The molecule has 1 aliphatic rings. The maximum atomic E-state index is 12.7. The number of nitrogens with one attached hydrogen (secondary N) is 4. The van der Waals surface area contributed by atoms with Gasteiger partial charge in [0, 0.05) is 6.54 Å². The van der Waals surface area contributed by atoms with Crippen LogP contribution in [-0.4, -0.2) is 123 Å². The van der Waals surface area contributed by atoms with Gasteiger partial charge in [0.15, 0.2) is 0 Å². The monoisotopic (exact) mass is 518 g/mol. The maximum absolute atomic E-state index is 12.7. The fourth-order valence-electron chi connectivity index (χ4n) is 3.31. The first-order chi connectivity index (χ1) is 16.8. The van der Waals surface area contributed by atoms with E-state index in [-0.39, 0.29) is 13.0 Å². The van der Waals surface area contributed by atoms with Gasteiger partial charge in [-0.15, -0.1) is 0 Å². The van der Waals surface area contributed by atoms with E-state index in [0.717, 1.165) is 4.90 Å². The molecule has 0 unspecified atom stereocenters. The molecule has 0 aromatic rings. The summed E-state index contributed by atoms with van der Waals surface area (Å²) in [6, 6.07) is -5.29. The zero-order valence-corrected chi connectivity index (χ0v) is 20.0. The SMILES string of the molecule is C[C@@H](O)[C@H](N)C(=O)NCC(=O)N[C@@H](CO)C(=O)NCC(=O)N[C@H](C(=O)N1CCC[C@H]1C(=O)O)[C@@H](C)O. The van der Waals surface area contributed by atoms with Gasteiger partial charge in [-0.1, -0.05) is 0 Å². The molecule has 5 amide bonds. The van der Waals surface area contributed by atoms with Crippen molar-refractivity contribution < 1.29 is 49.2 Å². The summed E-state index contributed by atoms with van der Waals surface area (Å²) in [5.74, 6) is -5.51. The van der Waals surface area contributed by atoms with Crippen LogP contribution in [-0.2, 0) is 28.8 Å². The molecule has 0 aromatic carbocycles. The van der Waals surface area contributed by atoms with E-state index in [9.17, 15) is 49.2 Å². The summed E-state index contributed by atoms with van der Waals surface area (Å²) < 4.78 is 0. The average molecular weight is 519 g/mol. The molecule has 10 N–H and O–H groups in total. The van der Waals surface area contributed by atoms with Gasteiger partial charge in [0.2, 0.25) is 29.5 Å². The Hall–Kier alpha value is -3.34. The van der Waals surface area contributed by atoms with Crippen molar-refractivity contribution >= 4 is 35.5 Å². The Kier molecular flexibility index (Phi) is 12.2. The van der Waals surface area contributed by atoms with E-state index in [0.29, 0.717) is 6.42 Å². The minimum atomic E-state index is -1.48. The predicted octanol–water partition coefficient (Wildman–Crippen LogP) is -5.65. The molecule has 0 radical (unpaired) electrons. The number of carbonyl (C=O) groups excluding carboxylic acids is 5. The highest BCUT2D eigenvalue weighted by molar-refractivity contribution is 5.94. The van der Waals surface area contributed by atoms with Crippen LogP contribution in [0.3, 0.4) is 0 Å². The number of aliphatic hydroxyl groups excluding tert-OH is 3. The van der Waals surface area contributed by atoms with Crippen LogP contribution in [0, 0.1) is 0 Å². The first-order valence-electron chi connectivity index (χ1n) is 11.2. The van der Waals surface area contributed by atoms with Crippen LogP contribution in [0.1, 0.15) is 26.7 Å². The van der Waals surface area contributed by atoms with Crippen molar-refractivity contribution in [1.29, 1.82) is 0 Å². The van der Waals surface area contributed by atoms with Gasteiger partial charge in [-0.25, -0.2) is 4.79 Å². The van der Waals surface area contributed by atoms with Crippen LogP contribution >= 0.6 is 0 Å². The summed E-state index contributed by atoms with van der Waals surface area (Å²) in [6.45, 7) is 0.526. The van der Waals surface area contributed by atoms with Gasteiger partial charge in [0.05, 0.1) is 31.9 Å². The number of nitrogens with two attached hydrogens (primary N) is 1. The number of carboxylic acids is 1. The van der Waals surface area contributed by atoms with Crippen molar-refractivity contribution in [1.82, 2.24) is 26.2 Å². The van der Waals surface area contributed by atoms with Crippen LogP contribution in [0.15, 0.2) is 0 Å². The highest BCUT2D eigenvalue weighted by Crippen LogP contribution is 2.19. The zero-order valence-electron chi connectivity index (χ0n) is 20.0. The summed E-state index contributed by atoms with van der Waals surface area (Å²) in [6.07, 6.45) is -1.84. The topological polar surface area (TPSA) is 261 Å². The van der Waals surface area contributed by atoms with Crippen molar-refractivity contribution in [2.24, 2.45) is 5.73 Å². The van der Waals surface area contributed by atoms with Gasteiger partial charge in [-0.05, 0) is 26.7 Å². The molecule has 0 saturated carbocycles. The first-order valence-corrected chi connectivity index (χ1v) is 11.2. The number of likely N-dealkylation sites (tertiary alicyclic amines) is 1. The van der Waals surface area contributed by atoms with E-state index < -0.39 is 91.6 Å². The van der Waals surface area contributed by atoms with E-state index in [1.807, 2.05) is 0 Å². The number of carboxylic acid groups (broad SMARTS) is 1. The van der Waals surface area contributed by atoms with Crippen molar-refractivity contribution in [3.8, 4) is 0 Å². The van der Waals surface area contributed by atoms with Crippen molar-refractivity contribution in [2.45, 2.75) is 63.1 Å². The Morgan fingerprint density at radius 3 is 2.00 bits per heavy atom. The van der Waals surface area contributed by atoms with Gasteiger partial charge in [-0.2, -0.15) is 0 Å². The minimum absolute atomic E-state index is 0.148. The van der Waals surface area contributed by atoms with E-state index in [1.165, 1.54) is 13.8 Å². The number of carbonyl (C=O) groups is 6. The number of hydrogen-bond acceptors (Lipinski definition) is 10. The number of amides is 5. The van der Waals surface area contributed by atoms with Crippen LogP contribution < -0.4 is 27.0 Å². The molecule has 0 aliphatic carbocycles. The third kappa shape index (κ3) is 9.03. The number of aliphatic hydroxyl groups is 3. The van der Waals surface area contributed by atoms with Crippen LogP contribution in [0.4, 0.5) is 0 Å². The molecular formula is C20H34N6O10. The Labute approximate surface area is 206 Å². The number of aliphatic carboxylic acids is 1. The molecule has 16 heteroatoms. The highest BCUT2D eigenvalue weighted by Gasteiger charge is 2.39. The van der Waals surface area contributed by atoms with E-state index in [2.05, 4.69) is 21.3 Å². The summed E-state index contributed by atoms with van der Waals surface area (Å²) in [7, 11) is 0. The summed E-state index contributed by atoms with van der Waals surface area (Å²) >= 11 is 0. The number of nitrogens with zero attached hydrogens (tertiary/aromatic N) is 1. The lowest BCUT2D eigenvalue weighted by molar-refractivity contribution is -0.150. The predicted molar refractivity (Wildman–Crippen MR) is 121 cm³/mol. The molecule has 1 aliphatic heterocycles. The van der Waals surface area contributed by atoms with Gasteiger partial charge in [0.25, 0.3) is 0 Å². The molecule has 36 heavy (non-hydrogen) atoms. The Bertz CT molecular complexity index is 836. The smallest absolute Gasteiger partial charge is 0.326 e. The Balaban J connectivity index is 2.60. The second-order valence-electron chi connectivity index (χ2n) is 8.32. The van der Waals surface area contributed by atoms with E-state index in [1.54, 1.807) is 0 Å². The quantitative estimate of drug-likeness (QED) is 0.111. The van der Waals surface area contributed by atoms with Crippen molar-refractivity contribution in [2.75, 3.05) is 26.2 Å². The molecule has 0 spiro atoms. The summed E-state index contributed by atoms with van der Waals surface area (Å²) in [5, 5.41) is 46.5. The number of rotatable bonds is 13. The molecule has 204 valence electrons. The molecular weight excluding hydrogens is 484 g/mol. The third-order valence-electron chi connectivity index (χ3n) is 5.39. The van der Waals surface area contributed by atoms with Crippen molar-refractivity contribution in [3.05, 3.63) is 0 Å². The standard InChI is InChI=1S/C20H34N6O10/c1-9(28)15(21)18(33)23-6-13(30)24-11(8-27)17(32)22-7-14(31)25-16(10(2)29)19(34)26-5-3-4-12(26)20(35)36/h9-12,15-16,27-29H,3-8,21H2,1-2H3,(H,22,32)(H,23,33)(H,24,30)(H,25,31)(H,35,36)/t9-,10-,11+,12+,15+,16+/m1/s1. The van der Waals surface area contributed by atoms with Gasteiger partial charge in [-0.3, -0.25) is 24.0 Å². The molecule has 1 saturated heterocycles. The molecule has 16 nitrogen and oxygen atoms in total. The van der Waals surface area contributed by atoms with Gasteiger partial charge in [0.1, 0.15) is 24.2 Å². The van der Waals surface area contributed by atoms with E-state index in [4.69, 9.17) is 5.73 Å². The number of hydrogen-bond donors (Lipinski definition) is 9. The van der Waals surface area contributed by atoms with Gasteiger partial charge >= 0.3 is 5.97 Å². The molecule has 1 heterocycles. The second kappa shape index (κ2) is 14.3. The first kappa shape index (κ1) is 30.7. The summed E-state index contributed by atoms with van der Waals surface area (Å²) in [4.78, 5) is 73.2. The molecule has 0 bridgehead atoms. The van der Waals surface area contributed by atoms with Crippen LogP contribution in [0.5, 0.6) is 0 Å². The summed E-state index contributed by atoms with van der Waals surface area (Å²) in [5.41, 5.74) is 5.42. The average Bonchev–Trinajstić information content (AvgIpc) is 3.32. The lowest BCUT2D eigenvalue weighted by atomic mass is 10.1. The molecule has 1 fully saturated rings. The Morgan fingerprint density at radius 2 is 1.50 bits per heavy atom. The van der Waals surface area contributed by atoms with Gasteiger partial charge < -0.3 is 52.3 Å². The third-order valence-corrected chi connectivity index (χ3v) is 5.39. The molecule has 6 atom stereocenters. The van der Waals surface area contributed by atoms with Crippen LogP contribution in [0.25, 0.3) is 0 Å². The highest BCUT2D eigenvalue weighted by atomic mass is 16.4. The molecule has 0 aromatic heterocycles. The second-order valence-corrected chi connectivity index (χ2v) is 8.32. The van der Waals surface area contributed by atoms with Crippen LogP contribution in [0.2, 0.25) is 0 Å². The van der Waals surface area contributed by atoms with Crippen molar-refractivity contribution in [3.63, 3.8) is 0 Å². The maximum Gasteiger partial charge on any atom is 0.326 e. The Morgan fingerprint density at radius 1 is 0.944 bits per heavy atom. The normalized spacial score (nSPS) is 19.3. The lowest BCUT2D eigenvalue weighted by Gasteiger charge is -2.28. The van der Waals surface area contributed by atoms with E-state index >= 15 is 0 Å².